The molecule has 0 radical (unpaired) electrons. The van der Waals surface area contributed by atoms with Crippen molar-refractivity contribution in [2.75, 3.05) is 0 Å². The molecule has 4 N–H and O–H groups in total. The summed E-state index contributed by atoms with van der Waals surface area (Å²) in [5.74, 6) is -8.63. The zero-order valence-electron chi connectivity index (χ0n) is 16.8. The lowest BCUT2D eigenvalue weighted by atomic mass is 9.70. The largest absolute Gasteiger partial charge is 0.481 e. The number of aromatic carboxylic acids is 1. The van der Waals surface area contributed by atoms with Crippen molar-refractivity contribution in [1.82, 2.24) is 0 Å². The van der Waals surface area contributed by atoms with Crippen LogP contribution in [0.1, 0.15) is 15.9 Å². The SMILES string of the molecule is O=C(O)C1=c2c(C(=O)O)ccc3c2c(c2cccc4ccc(Br)c3c42)C(Br)(C(=O)O)C1C(=O)O. The average Bonchev–Trinajstić information content (AvgIpc) is 2.77. The van der Waals surface area contributed by atoms with Crippen molar-refractivity contribution < 1.29 is 39.6 Å². The molecule has 0 fully saturated rings. The molecule has 0 aromatic heterocycles. The van der Waals surface area contributed by atoms with Crippen LogP contribution in [0.5, 0.6) is 0 Å². The molecule has 4 aromatic rings. The number of rotatable bonds is 4. The van der Waals surface area contributed by atoms with Gasteiger partial charge in [-0.3, -0.25) is 9.59 Å². The summed E-state index contributed by atoms with van der Waals surface area (Å²) >= 11 is 6.65. The second kappa shape index (κ2) is 7.25. The van der Waals surface area contributed by atoms with E-state index >= 15 is 0 Å². The summed E-state index contributed by atoms with van der Waals surface area (Å²) in [7, 11) is 0. The summed E-state index contributed by atoms with van der Waals surface area (Å²) in [6.45, 7) is 0. The highest BCUT2D eigenvalue weighted by atomic mass is 79.9. The van der Waals surface area contributed by atoms with Crippen molar-refractivity contribution in [1.29, 1.82) is 0 Å². The molecule has 170 valence electrons. The predicted octanol–water partition coefficient (Wildman–Crippen LogP) is 3.95. The number of aliphatic carboxylic acids is 3. The Morgan fingerprint density at radius 1 is 0.794 bits per heavy atom. The monoisotopic (exact) mass is 586 g/mol. The first-order valence-corrected chi connectivity index (χ1v) is 11.4. The molecule has 5 rings (SSSR count). The van der Waals surface area contributed by atoms with Crippen LogP contribution in [0.15, 0.2) is 46.9 Å². The van der Waals surface area contributed by atoms with Gasteiger partial charge in [-0.1, -0.05) is 62.2 Å². The Kier molecular flexibility index (Phi) is 4.75. The van der Waals surface area contributed by atoms with E-state index in [1.54, 1.807) is 18.2 Å². The molecule has 0 bridgehead atoms. The van der Waals surface area contributed by atoms with Gasteiger partial charge < -0.3 is 20.4 Å². The topological polar surface area (TPSA) is 149 Å². The summed E-state index contributed by atoms with van der Waals surface area (Å²) in [4.78, 5) is 49.7. The number of fused-ring (bicyclic) bond motifs is 2. The Morgan fingerprint density at radius 2 is 1.50 bits per heavy atom. The molecule has 2 unspecified atom stereocenters. The van der Waals surface area contributed by atoms with Gasteiger partial charge in [0.15, 0.2) is 4.32 Å². The fourth-order valence-electron chi connectivity index (χ4n) is 5.11. The minimum Gasteiger partial charge on any atom is -0.481 e. The second-order valence-corrected chi connectivity index (χ2v) is 10.0. The minimum atomic E-state index is -2.39. The van der Waals surface area contributed by atoms with Crippen LogP contribution in [-0.4, -0.2) is 44.3 Å². The Hall–Kier alpha value is -3.50. The van der Waals surface area contributed by atoms with E-state index in [9.17, 15) is 39.6 Å². The maximum Gasteiger partial charge on any atom is 0.336 e. The van der Waals surface area contributed by atoms with Crippen molar-refractivity contribution in [2.24, 2.45) is 5.92 Å². The van der Waals surface area contributed by atoms with E-state index in [1.165, 1.54) is 12.1 Å². The zero-order valence-corrected chi connectivity index (χ0v) is 20.0. The highest BCUT2D eigenvalue weighted by Crippen LogP contribution is 2.53. The quantitative estimate of drug-likeness (QED) is 0.159. The van der Waals surface area contributed by atoms with Gasteiger partial charge in [-0.05, 0) is 44.6 Å². The average molecular weight is 588 g/mol. The van der Waals surface area contributed by atoms with E-state index in [0.29, 0.717) is 26.0 Å². The minimum absolute atomic E-state index is 0.00157. The van der Waals surface area contributed by atoms with Gasteiger partial charge in [0.25, 0.3) is 0 Å². The van der Waals surface area contributed by atoms with Gasteiger partial charge in [0.1, 0.15) is 5.92 Å². The lowest BCUT2D eigenvalue weighted by molar-refractivity contribution is -0.150. The molecular formula is C24H12Br2O8. The van der Waals surface area contributed by atoms with Crippen molar-refractivity contribution in [3.05, 3.63) is 63.3 Å². The number of carboxylic acids is 4. The number of hydrogen-bond donors (Lipinski definition) is 4. The molecule has 2 atom stereocenters. The first kappa shape index (κ1) is 22.3. The summed E-state index contributed by atoms with van der Waals surface area (Å²) in [5.41, 5.74) is -1.24. The number of alkyl halides is 1. The van der Waals surface area contributed by atoms with E-state index in [1.807, 2.05) is 12.1 Å². The fraction of sp³-hybridized carbons (Fsp3) is 0.0833. The normalized spacial score (nSPS) is 19.6. The van der Waals surface area contributed by atoms with Crippen LogP contribution >= 0.6 is 31.9 Å². The third kappa shape index (κ3) is 2.63. The lowest BCUT2D eigenvalue weighted by Crippen LogP contribution is -2.49. The number of halogens is 2. The van der Waals surface area contributed by atoms with Crippen molar-refractivity contribution in [2.45, 2.75) is 4.32 Å². The van der Waals surface area contributed by atoms with Gasteiger partial charge in [0, 0.05) is 15.1 Å². The van der Waals surface area contributed by atoms with Gasteiger partial charge in [0.05, 0.1) is 11.1 Å². The molecule has 0 heterocycles. The lowest BCUT2D eigenvalue weighted by Gasteiger charge is -2.36. The molecule has 1 aliphatic rings. The Labute approximate surface area is 206 Å². The molecule has 34 heavy (non-hydrogen) atoms. The molecule has 1 aliphatic carbocycles. The standard InChI is InChI=1S/C24H12Br2O8/c25-12-7-4-8-2-1-3-10-13(8)14(12)9-5-6-11(20(27)28)15-16(9)18(10)24(26,23(33)34)19(22(31)32)17(15)21(29)30/h1-7,19H,(H,27,28)(H,29,30)(H,31,32)(H,33,34). The first-order valence-electron chi connectivity index (χ1n) is 9.77. The van der Waals surface area contributed by atoms with E-state index in [-0.39, 0.29) is 16.2 Å². The highest BCUT2D eigenvalue weighted by Gasteiger charge is 2.57. The number of benzene rings is 4. The molecule has 4 aromatic carbocycles. The summed E-state index contributed by atoms with van der Waals surface area (Å²) < 4.78 is -1.76. The maximum absolute atomic E-state index is 12.7. The summed E-state index contributed by atoms with van der Waals surface area (Å²) in [5, 5.41) is 42.9. The van der Waals surface area contributed by atoms with E-state index in [4.69, 9.17) is 0 Å². The number of carboxylic acid groups (broad SMARTS) is 4. The Balaban J connectivity index is 2.31. The summed E-state index contributed by atoms with van der Waals surface area (Å²) in [6, 6.07) is 11.4. The van der Waals surface area contributed by atoms with Crippen molar-refractivity contribution >= 4 is 93.6 Å². The van der Waals surface area contributed by atoms with Crippen LogP contribution in [0.3, 0.4) is 0 Å². The van der Waals surface area contributed by atoms with Gasteiger partial charge >= 0.3 is 23.9 Å². The number of hydrogen-bond acceptors (Lipinski definition) is 4. The van der Waals surface area contributed by atoms with Gasteiger partial charge in [-0.2, -0.15) is 0 Å². The van der Waals surface area contributed by atoms with E-state index < -0.39 is 45.3 Å². The van der Waals surface area contributed by atoms with Crippen LogP contribution in [0.2, 0.25) is 0 Å². The van der Waals surface area contributed by atoms with Crippen LogP contribution in [0, 0.1) is 5.92 Å². The molecule has 0 saturated carbocycles. The van der Waals surface area contributed by atoms with Gasteiger partial charge in [-0.15, -0.1) is 0 Å². The van der Waals surface area contributed by atoms with Crippen LogP contribution < -0.4 is 5.22 Å². The van der Waals surface area contributed by atoms with Gasteiger partial charge in [-0.25, -0.2) is 9.59 Å². The molecule has 0 aliphatic heterocycles. The van der Waals surface area contributed by atoms with Crippen LogP contribution in [-0.2, 0) is 18.7 Å². The van der Waals surface area contributed by atoms with E-state index in [0.717, 1.165) is 5.39 Å². The third-order valence-corrected chi connectivity index (χ3v) is 8.18. The van der Waals surface area contributed by atoms with E-state index in [2.05, 4.69) is 31.9 Å². The molecular weight excluding hydrogens is 576 g/mol. The molecule has 0 amide bonds. The highest BCUT2D eigenvalue weighted by molar-refractivity contribution is 9.10. The van der Waals surface area contributed by atoms with Crippen molar-refractivity contribution in [3.63, 3.8) is 0 Å². The molecule has 0 spiro atoms. The van der Waals surface area contributed by atoms with Crippen LogP contribution in [0.4, 0.5) is 0 Å². The molecule has 8 nitrogen and oxygen atoms in total. The Bertz CT molecular complexity index is 1710. The van der Waals surface area contributed by atoms with Crippen LogP contribution in [0.25, 0.3) is 37.9 Å². The fourth-order valence-corrected chi connectivity index (χ4v) is 6.49. The smallest absolute Gasteiger partial charge is 0.336 e. The second-order valence-electron chi connectivity index (χ2n) is 7.92. The first-order chi connectivity index (χ1) is 16.0. The molecule has 10 heteroatoms. The summed E-state index contributed by atoms with van der Waals surface area (Å²) in [6.07, 6.45) is 0. The van der Waals surface area contributed by atoms with Gasteiger partial charge in [0.2, 0.25) is 0 Å². The number of carbonyl (C=O) groups is 4. The maximum atomic E-state index is 12.7. The molecule has 0 saturated heterocycles. The third-order valence-electron chi connectivity index (χ3n) is 6.33. The van der Waals surface area contributed by atoms with Crippen molar-refractivity contribution in [3.8, 4) is 0 Å². The zero-order chi connectivity index (χ0) is 24.7. The predicted molar refractivity (Wildman–Crippen MR) is 129 cm³/mol. The Morgan fingerprint density at radius 3 is 2.09 bits per heavy atom.